The molecular formula is Ag2ClO4. The van der Waals surface area contributed by atoms with Crippen LogP contribution in [0.5, 0.6) is 0 Å². The second-order valence-corrected chi connectivity index (χ2v) is 1.13. The molecule has 0 spiro atoms. The zero-order chi connectivity index (χ0) is 4.50. The largest absolute Gasteiger partial charge is 1.00 e. The molecular weight excluding hydrogens is 315 g/mol. The minimum absolute atomic E-state index is 0. The Kier molecular flexibility index (Phi) is 13.0. The monoisotopic (exact) mass is 313 g/mol. The summed E-state index contributed by atoms with van der Waals surface area (Å²) in [7, 11) is -4.94. The van der Waals surface area contributed by atoms with Gasteiger partial charge in [0.05, 0.1) is 0 Å². The van der Waals surface area contributed by atoms with Gasteiger partial charge in [0.1, 0.15) is 0 Å². The van der Waals surface area contributed by atoms with Crippen molar-refractivity contribution in [3.63, 3.8) is 0 Å². The third-order valence-corrected chi connectivity index (χ3v) is 0. The van der Waals surface area contributed by atoms with Gasteiger partial charge in [-0.1, -0.05) is 0 Å². The summed E-state index contributed by atoms with van der Waals surface area (Å²) in [6.45, 7) is 0. The van der Waals surface area contributed by atoms with Gasteiger partial charge < -0.3 is 0 Å². The quantitative estimate of drug-likeness (QED) is 0.420. The predicted octanol–water partition coefficient (Wildman–Crippen LogP) is -4.76. The zero-order valence-corrected chi connectivity index (χ0v) is 6.33. The molecule has 0 atom stereocenters. The summed E-state index contributed by atoms with van der Waals surface area (Å²) < 4.78 is 34.0. The van der Waals surface area contributed by atoms with E-state index in [-0.39, 0.29) is 44.8 Å². The predicted molar refractivity (Wildman–Crippen MR) is 0 cm³/mol. The fraction of sp³-hybridized carbons (Fsp3) is 0. The fourth-order valence-corrected chi connectivity index (χ4v) is 0. The van der Waals surface area contributed by atoms with Gasteiger partial charge in [-0.05, 0) is 0 Å². The average Bonchev–Trinajstić information content (AvgIpc) is 0.722. The molecule has 0 aliphatic rings. The van der Waals surface area contributed by atoms with Crippen LogP contribution in [-0.2, 0) is 44.8 Å². The summed E-state index contributed by atoms with van der Waals surface area (Å²) in [6, 6.07) is 0. The molecule has 0 aromatic rings. The van der Waals surface area contributed by atoms with Crippen molar-refractivity contribution in [3.8, 4) is 0 Å². The molecule has 0 bridgehead atoms. The maximum atomic E-state index is 8.49. The number of halogens is 1. The van der Waals surface area contributed by atoms with Crippen molar-refractivity contribution in [2.24, 2.45) is 0 Å². The number of hydrogen-bond donors (Lipinski definition) is 0. The van der Waals surface area contributed by atoms with Gasteiger partial charge >= 0.3 is 22.4 Å². The van der Waals surface area contributed by atoms with Gasteiger partial charge in [0.2, 0.25) is 0 Å². The van der Waals surface area contributed by atoms with Crippen molar-refractivity contribution in [3.05, 3.63) is 0 Å². The molecule has 0 aromatic carbocycles. The minimum Gasteiger partial charge on any atom is -0.222 e. The minimum atomic E-state index is -4.94. The van der Waals surface area contributed by atoms with E-state index in [0.717, 1.165) is 0 Å². The van der Waals surface area contributed by atoms with E-state index in [4.69, 9.17) is 18.6 Å². The SMILES string of the molecule is [Ag+].[Ag].[O-][Cl+3]([O-])([O-])[O-]. The Hall–Kier alpha value is 1.61. The van der Waals surface area contributed by atoms with Crippen molar-refractivity contribution in [1.82, 2.24) is 0 Å². The second-order valence-electron chi connectivity index (χ2n) is 0.378. The molecule has 53 valence electrons. The molecule has 0 aliphatic carbocycles. The molecule has 0 unspecified atom stereocenters. The summed E-state index contributed by atoms with van der Waals surface area (Å²) in [6.07, 6.45) is 0. The maximum absolute atomic E-state index is 8.49. The first-order valence-corrected chi connectivity index (χ1v) is 1.85. The molecule has 4 nitrogen and oxygen atoms in total. The van der Waals surface area contributed by atoms with Crippen molar-refractivity contribution < 1.29 is 73.6 Å². The number of hydrogen-bond acceptors (Lipinski definition) is 4. The van der Waals surface area contributed by atoms with Gasteiger partial charge in [0, 0.05) is 22.4 Å². The zero-order valence-electron chi connectivity index (χ0n) is 2.61. The maximum Gasteiger partial charge on any atom is 1.00 e. The molecule has 0 N–H and O–H groups in total. The normalized spacial score (nSPS) is 8.57. The van der Waals surface area contributed by atoms with Crippen LogP contribution in [0.1, 0.15) is 0 Å². The van der Waals surface area contributed by atoms with Gasteiger partial charge in [-0.3, -0.25) is 0 Å². The number of rotatable bonds is 0. The Bertz CT molecular complexity index is 25.2. The van der Waals surface area contributed by atoms with Crippen molar-refractivity contribution >= 4 is 0 Å². The average molecular weight is 315 g/mol. The topological polar surface area (TPSA) is 92.2 Å². The molecule has 0 saturated heterocycles. The van der Waals surface area contributed by atoms with Crippen LogP contribution in [0.15, 0.2) is 0 Å². The first-order chi connectivity index (χ1) is 2.00. The Morgan fingerprint density at radius 3 is 0.857 bits per heavy atom. The summed E-state index contributed by atoms with van der Waals surface area (Å²) >= 11 is 0. The van der Waals surface area contributed by atoms with E-state index >= 15 is 0 Å². The van der Waals surface area contributed by atoms with Crippen molar-refractivity contribution in [1.29, 1.82) is 0 Å². The van der Waals surface area contributed by atoms with Crippen LogP contribution in [-0.4, -0.2) is 0 Å². The van der Waals surface area contributed by atoms with Crippen LogP contribution in [0.4, 0.5) is 0 Å². The second kappa shape index (κ2) is 5.74. The standard InChI is InChI=1S/2Ag.ClHO4/c;;2-1(3,4)5/h;;(H,2,3,4,5)/q;+1;/p-1. The van der Waals surface area contributed by atoms with E-state index in [0.29, 0.717) is 0 Å². The van der Waals surface area contributed by atoms with E-state index in [1.807, 2.05) is 0 Å². The van der Waals surface area contributed by atoms with Crippen LogP contribution in [0, 0.1) is 10.2 Å². The van der Waals surface area contributed by atoms with E-state index in [1.54, 1.807) is 0 Å². The van der Waals surface area contributed by atoms with Gasteiger partial charge in [0.15, 0.2) is 0 Å². The van der Waals surface area contributed by atoms with Gasteiger partial charge in [0.25, 0.3) is 0 Å². The molecule has 7 heteroatoms. The van der Waals surface area contributed by atoms with Crippen LogP contribution in [0.2, 0.25) is 0 Å². The Morgan fingerprint density at radius 2 is 0.857 bits per heavy atom. The third kappa shape index (κ3) is 92.4. The van der Waals surface area contributed by atoms with Crippen LogP contribution in [0.3, 0.4) is 0 Å². The summed E-state index contributed by atoms with van der Waals surface area (Å²) in [5, 5.41) is 0. The van der Waals surface area contributed by atoms with Gasteiger partial charge in [-0.15, -0.1) is 10.2 Å². The van der Waals surface area contributed by atoms with Crippen molar-refractivity contribution in [2.45, 2.75) is 0 Å². The molecule has 0 fully saturated rings. The molecule has 0 rings (SSSR count). The van der Waals surface area contributed by atoms with Crippen LogP contribution >= 0.6 is 0 Å². The smallest absolute Gasteiger partial charge is 0.222 e. The Morgan fingerprint density at radius 1 is 0.857 bits per heavy atom. The molecule has 0 heterocycles. The summed E-state index contributed by atoms with van der Waals surface area (Å²) in [5.41, 5.74) is 0. The van der Waals surface area contributed by atoms with Crippen LogP contribution < -0.4 is 18.6 Å². The van der Waals surface area contributed by atoms with E-state index in [9.17, 15) is 0 Å². The first kappa shape index (κ1) is 15.8. The summed E-state index contributed by atoms with van der Waals surface area (Å²) in [4.78, 5) is 0. The van der Waals surface area contributed by atoms with Crippen LogP contribution in [0.25, 0.3) is 0 Å². The molecule has 1 radical (unpaired) electrons. The first-order valence-electron chi connectivity index (χ1n) is 0.617. The molecule has 7 heavy (non-hydrogen) atoms. The molecule has 0 saturated carbocycles. The van der Waals surface area contributed by atoms with E-state index in [2.05, 4.69) is 0 Å². The van der Waals surface area contributed by atoms with Gasteiger partial charge in [-0.25, -0.2) is 18.6 Å². The van der Waals surface area contributed by atoms with Gasteiger partial charge in [-0.2, -0.15) is 0 Å². The Balaban J connectivity index is -0.0000000800. The molecule has 0 aromatic heterocycles. The Labute approximate surface area is 73.3 Å². The van der Waals surface area contributed by atoms with Crippen molar-refractivity contribution in [2.75, 3.05) is 0 Å². The fourth-order valence-electron chi connectivity index (χ4n) is 0. The van der Waals surface area contributed by atoms with E-state index in [1.165, 1.54) is 0 Å². The summed E-state index contributed by atoms with van der Waals surface area (Å²) in [5.74, 6) is 0. The van der Waals surface area contributed by atoms with E-state index < -0.39 is 10.2 Å². The third-order valence-electron chi connectivity index (χ3n) is 0. The molecule has 0 amide bonds. The molecule has 0 aliphatic heterocycles.